The third-order valence-corrected chi connectivity index (χ3v) is 3.53. The minimum atomic E-state index is -0.400. The Balaban J connectivity index is 1.90. The average molecular weight is 280 g/mol. The van der Waals surface area contributed by atoms with E-state index in [1.54, 1.807) is 24.0 Å². The lowest BCUT2D eigenvalue weighted by Gasteiger charge is -2.26. The van der Waals surface area contributed by atoms with E-state index in [1.807, 2.05) is 0 Å². The van der Waals surface area contributed by atoms with Crippen LogP contribution in [0.1, 0.15) is 37.8 Å². The number of carbonyl (C=O) groups excluding carboxylic acids is 1. The van der Waals surface area contributed by atoms with Crippen molar-refractivity contribution in [3.05, 3.63) is 29.6 Å². The predicted molar refractivity (Wildman–Crippen MR) is 74.9 cm³/mol. The Bertz CT molecular complexity index is 471. The van der Waals surface area contributed by atoms with Gasteiger partial charge in [-0.15, -0.1) is 0 Å². The number of rotatable bonds is 4. The number of halogens is 1. The molecule has 1 amide bonds. The number of likely N-dealkylation sites (tertiary alicyclic amines) is 1. The van der Waals surface area contributed by atoms with E-state index in [2.05, 4.69) is 0 Å². The van der Waals surface area contributed by atoms with Gasteiger partial charge in [-0.2, -0.15) is 0 Å². The van der Waals surface area contributed by atoms with E-state index in [-0.39, 0.29) is 18.6 Å². The SMILES string of the molecule is C[C@H](N)c1ccc(OCC(=O)N2CCCCC2)cc1F. The molecule has 1 fully saturated rings. The zero-order valence-electron chi connectivity index (χ0n) is 11.8. The minimum Gasteiger partial charge on any atom is -0.484 e. The Kier molecular flexibility index (Phi) is 4.95. The molecule has 0 radical (unpaired) electrons. The lowest BCUT2D eigenvalue weighted by atomic mass is 10.1. The largest absolute Gasteiger partial charge is 0.484 e. The summed E-state index contributed by atoms with van der Waals surface area (Å²) in [4.78, 5) is 13.7. The molecule has 1 aliphatic heterocycles. The normalized spacial score (nSPS) is 16.9. The highest BCUT2D eigenvalue weighted by molar-refractivity contribution is 5.77. The zero-order chi connectivity index (χ0) is 14.5. The summed E-state index contributed by atoms with van der Waals surface area (Å²) in [6, 6.07) is 4.16. The van der Waals surface area contributed by atoms with Crippen LogP contribution in [-0.4, -0.2) is 30.5 Å². The van der Waals surface area contributed by atoms with Gasteiger partial charge in [-0.05, 0) is 32.3 Å². The fourth-order valence-electron chi connectivity index (χ4n) is 2.35. The van der Waals surface area contributed by atoms with Gasteiger partial charge in [0.1, 0.15) is 11.6 Å². The second-order valence-corrected chi connectivity index (χ2v) is 5.20. The van der Waals surface area contributed by atoms with Crippen LogP contribution >= 0.6 is 0 Å². The molecule has 1 aromatic rings. The van der Waals surface area contributed by atoms with Crippen molar-refractivity contribution in [1.82, 2.24) is 4.90 Å². The Labute approximate surface area is 118 Å². The molecule has 20 heavy (non-hydrogen) atoms. The van der Waals surface area contributed by atoms with Gasteiger partial charge < -0.3 is 15.4 Å². The number of piperidine rings is 1. The highest BCUT2D eigenvalue weighted by Gasteiger charge is 2.17. The van der Waals surface area contributed by atoms with Gasteiger partial charge in [0.2, 0.25) is 0 Å². The van der Waals surface area contributed by atoms with E-state index in [9.17, 15) is 9.18 Å². The monoisotopic (exact) mass is 280 g/mol. The maximum absolute atomic E-state index is 13.7. The molecule has 1 aromatic carbocycles. The average Bonchev–Trinajstić information content (AvgIpc) is 2.45. The van der Waals surface area contributed by atoms with Crippen molar-refractivity contribution in [1.29, 1.82) is 0 Å². The van der Waals surface area contributed by atoms with E-state index in [4.69, 9.17) is 10.5 Å². The molecule has 0 aliphatic carbocycles. The lowest BCUT2D eigenvalue weighted by molar-refractivity contribution is -0.134. The number of nitrogens with zero attached hydrogens (tertiary/aromatic N) is 1. The van der Waals surface area contributed by atoms with Crippen LogP contribution in [0.2, 0.25) is 0 Å². The van der Waals surface area contributed by atoms with Crippen LogP contribution in [-0.2, 0) is 4.79 Å². The fourth-order valence-corrected chi connectivity index (χ4v) is 2.35. The Morgan fingerprint density at radius 3 is 2.70 bits per heavy atom. The molecule has 5 heteroatoms. The van der Waals surface area contributed by atoms with Crippen molar-refractivity contribution in [2.45, 2.75) is 32.2 Å². The molecule has 110 valence electrons. The van der Waals surface area contributed by atoms with Gasteiger partial charge in [0.15, 0.2) is 6.61 Å². The van der Waals surface area contributed by atoms with E-state index in [0.29, 0.717) is 11.3 Å². The molecule has 0 aromatic heterocycles. The maximum atomic E-state index is 13.7. The van der Waals surface area contributed by atoms with Gasteiger partial charge in [-0.25, -0.2) is 4.39 Å². The number of ether oxygens (including phenoxy) is 1. The second kappa shape index (κ2) is 6.70. The first-order chi connectivity index (χ1) is 9.58. The molecule has 0 saturated carbocycles. The Hall–Kier alpha value is -1.62. The Morgan fingerprint density at radius 1 is 1.40 bits per heavy atom. The van der Waals surface area contributed by atoms with Crippen LogP contribution < -0.4 is 10.5 Å². The standard InChI is InChI=1S/C15H21FN2O2/c1-11(17)13-6-5-12(9-14(13)16)20-10-15(19)18-7-3-2-4-8-18/h5-6,9,11H,2-4,7-8,10,17H2,1H3/t11-/m0/s1. The number of benzene rings is 1. The van der Waals surface area contributed by atoms with Gasteiger partial charge in [0, 0.05) is 30.8 Å². The predicted octanol–water partition coefficient (Wildman–Crippen LogP) is 2.24. The first kappa shape index (κ1) is 14.8. The van der Waals surface area contributed by atoms with E-state index in [1.165, 1.54) is 12.5 Å². The Morgan fingerprint density at radius 2 is 2.10 bits per heavy atom. The number of nitrogens with two attached hydrogens (primary N) is 1. The molecule has 1 saturated heterocycles. The number of hydrogen-bond donors (Lipinski definition) is 1. The van der Waals surface area contributed by atoms with E-state index < -0.39 is 5.82 Å². The fraction of sp³-hybridized carbons (Fsp3) is 0.533. The van der Waals surface area contributed by atoms with Crippen LogP contribution in [0, 0.1) is 5.82 Å². The quantitative estimate of drug-likeness (QED) is 0.920. The van der Waals surface area contributed by atoms with Gasteiger partial charge >= 0.3 is 0 Å². The summed E-state index contributed by atoms with van der Waals surface area (Å²) in [5.74, 6) is -0.0819. The summed E-state index contributed by atoms with van der Waals surface area (Å²) < 4.78 is 19.1. The third kappa shape index (κ3) is 3.70. The molecular formula is C15H21FN2O2. The van der Waals surface area contributed by atoms with Gasteiger partial charge in [-0.1, -0.05) is 6.07 Å². The number of carbonyl (C=O) groups is 1. The van der Waals surface area contributed by atoms with Crippen molar-refractivity contribution in [2.24, 2.45) is 5.73 Å². The van der Waals surface area contributed by atoms with E-state index in [0.717, 1.165) is 25.9 Å². The molecule has 1 heterocycles. The zero-order valence-corrected chi connectivity index (χ0v) is 11.8. The van der Waals surface area contributed by atoms with Crippen molar-refractivity contribution in [3.8, 4) is 5.75 Å². The van der Waals surface area contributed by atoms with Crippen LogP contribution in [0.25, 0.3) is 0 Å². The molecule has 2 N–H and O–H groups in total. The van der Waals surface area contributed by atoms with Crippen LogP contribution in [0.4, 0.5) is 4.39 Å². The third-order valence-electron chi connectivity index (χ3n) is 3.53. The summed E-state index contributed by atoms with van der Waals surface area (Å²) in [5, 5.41) is 0. The first-order valence-corrected chi connectivity index (χ1v) is 7.03. The smallest absolute Gasteiger partial charge is 0.260 e. The van der Waals surface area contributed by atoms with Gasteiger partial charge in [0.25, 0.3) is 5.91 Å². The summed E-state index contributed by atoms with van der Waals surface area (Å²) >= 11 is 0. The van der Waals surface area contributed by atoms with E-state index >= 15 is 0 Å². The first-order valence-electron chi connectivity index (χ1n) is 7.03. The van der Waals surface area contributed by atoms with Crippen molar-refractivity contribution in [2.75, 3.05) is 19.7 Å². The highest BCUT2D eigenvalue weighted by Crippen LogP contribution is 2.20. The molecule has 2 rings (SSSR count). The van der Waals surface area contributed by atoms with Crippen LogP contribution in [0.5, 0.6) is 5.75 Å². The molecule has 4 nitrogen and oxygen atoms in total. The molecule has 0 spiro atoms. The van der Waals surface area contributed by atoms with Gasteiger partial charge in [-0.3, -0.25) is 4.79 Å². The summed E-state index contributed by atoms with van der Waals surface area (Å²) in [5.41, 5.74) is 6.09. The second-order valence-electron chi connectivity index (χ2n) is 5.20. The van der Waals surface area contributed by atoms with Crippen molar-refractivity contribution in [3.63, 3.8) is 0 Å². The van der Waals surface area contributed by atoms with Crippen molar-refractivity contribution >= 4 is 5.91 Å². The van der Waals surface area contributed by atoms with Crippen molar-refractivity contribution < 1.29 is 13.9 Å². The lowest BCUT2D eigenvalue weighted by Crippen LogP contribution is -2.38. The van der Waals surface area contributed by atoms with Gasteiger partial charge in [0.05, 0.1) is 0 Å². The molecule has 0 bridgehead atoms. The summed E-state index contributed by atoms with van der Waals surface area (Å²) in [7, 11) is 0. The highest BCUT2D eigenvalue weighted by atomic mass is 19.1. The minimum absolute atomic E-state index is 0.0404. The van der Waals surface area contributed by atoms with Crippen LogP contribution in [0.15, 0.2) is 18.2 Å². The van der Waals surface area contributed by atoms with Crippen LogP contribution in [0.3, 0.4) is 0 Å². The summed E-state index contributed by atoms with van der Waals surface area (Å²) in [6.45, 7) is 3.26. The number of hydrogen-bond acceptors (Lipinski definition) is 3. The molecular weight excluding hydrogens is 259 g/mol. The molecule has 0 unspecified atom stereocenters. The molecule has 1 aliphatic rings. The molecule has 1 atom stereocenters. The summed E-state index contributed by atoms with van der Waals surface area (Å²) in [6.07, 6.45) is 3.27. The number of amides is 1. The maximum Gasteiger partial charge on any atom is 0.260 e. The topological polar surface area (TPSA) is 55.6 Å².